The Labute approximate surface area is 113 Å². The lowest BCUT2D eigenvalue weighted by Crippen LogP contribution is -2.24. The summed E-state index contributed by atoms with van der Waals surface area (Å²) in [5.41, 5.74) is 2.70. The Morgan fingerprint density at radius 2 is 2.05 bits per heavy atom. The molecule has 1 unspecified atom stereocenters. The van der Waals surface area contributed by atoms with E-state index >= 15 is 0 Å². The highest BCUT2D eigenvalue weighted by molar-refractivity contribution is 5.25. The number of aromatic nitrogens is 3. The second kappa shape index (κ2) is 5.13. The Hall–Kier alpha value is -1.68. The smallest absolute Gasteiger partial charge is 0.140 e. The van der Waals surface area contributed by atoms with Gasteiger partial charge in [0.05, 0.1) is 6.54 Å². The van der Waals surface area contributed by atoms with Gasteiger partial charge in [-0.3, -0.25) is 4.68 Å². The van der Waals surface area contributed by atoms with Gasteiger partial charge in [-0.1, -0.05) is 29.8 Å². The molecular weight excluding hydrogens is 236 g/mol. The summed E-state index contributed by atoms with van der Waals surface area (Å²) in [5, 5.41) is 7.74. The van der Waals surface area contributed by atoms with Crippen LogP contribution in [0.4, 0.5) is 0 Å². The first-order valence-corrected chi connectivity index (χ1v) is 6.87. The van der Waals surface area contributed by atoms with Gasteiger partial charge in [-0.25, -0.2) is 4.98 Å². The average Bonchev–Trinajstić information content (AvgIpc) is 3.16. The molecule has 4 nitrogen and oxygen atoms in total. The number of aryl methyl sites for hydroxylation is 2. The highest BCUT2D eigenvalue weighted by Crippen LogP contribution is 2.41. The second-order valence-corrected chi connectivity index (χ2v) is 5.41. The summed E-state index contributed by atoms with van der Waals surface area (Å²) in [4.78, 5) is 4.26. The van der Waals surface area contributed by atoms with Gasteiger partial charge in [0, 0.05) is 13.1 Å². The van der Waals surface area contributed by atoms with Gasteiger partial charge in [-0.15, -0.1) is 0 Å². The van der Waals surface area contributed by atoms with E-state index in [1.54, 1.807) is 6.33 Å². The third-order valence-corrected chi connectivity index (χ3v) is 3.82. The van der Waals surface area contributed by atoms with Crippen molar-refractivity contribution >= 4 is 0 Å². The Morgan fingerprint density at radius 3 is 2.63 bits per heavy atom. The zero-order valence-corrected chi connectivity index (χ0v) is 11.5. The molecule has 3 rings (SSSR count). The number of nitrogens with one attached hydrogen (secondary N) is 1. The molecule has 1 aliphatic carbocycles. The quantitative estimate of drug-likeness (QED) is 0.893. The van der Waals surface area contributed by atoms with Crippen LogP contribution in [0.3, 0.4) is 0 Å². The summed E-state index contributed by atoms with van der Waals surface area (Å²) in [6.07, 6.45) is 4.25. The lowest BCUT2D eigenvalue weighted by Gasteiger charge is -2.18. The first-order chi connectivity index (χ1) is 9.24. The van der Waals surface area contributed by atoms with Crippen molar-refractivity contribution in [1.82, 2.24) is 20.1 Å². The van der Waals surface area contributed by atoms with Crippen LogP contribution in [0.2, 0.25) is 0 Å². The van der Waals surface area contributed by atoms with E-state index < -0.39 is 0 Å². The number of hydrogen-bond donors (Lipinski definition) is 1. The van der Waals surface area contributed by atoms with Crippen LogP contribution in [-0.4, -0.2) is 14.8 Å². The molecule has 1 aromatic carbocycles. The van der Waals surface area contributed by atoms with E-state index in [0.717, 1.165) is 18.3 Å². The van der Waals surface area contributed by atoms with Crippen LogP contribution in [0, 0.1) is 12.8 Å². The number of nitrogens with zero attached hydrogens (tertiary/aromatic N) is 3. The predicted molar refractivity (Wildman–Crippen MR) is 74.5 cm³/mol. The molecule has 100 valence electrons. The van der Waals surface area contributed by atoms with E-state index in [2.05, 4.69) is 46.6 Å². The fraction of sp³-hybridized carbons (Fsp3) is 0.467. The molecule has 1 atom stereocenters. The summed E-state index contributed by atoms with van der Waals surface area (Å²) in [6.45, 7) is 2.90. The van der Waals surface area contributed by atoms with Crippen molar-refractivity contribution in [3.63, 3.8) is 0 Å². The van der Waals surface area contributed by atoms with Gasteiger partial charge in [0.25, 0.3) is 0 Å². The summed E-state index contributed by atoms with van der Waals surface area (Å²) in [6, 6.07) is 9.30. The van der Waals surface area contributed by atoms with E-state index in [1.807, 2.05) is 11.7 Å². The molecule has 1 aromatic heterocycles. The van der Waals surface area contributed by atoms with E-state index in [9.17, 15) is 0 Å². The zero-order valence-electron chi connectivity index (χ0n) is 11.5. The molecule has 1 saturated carbocycles. The molecular formula is C15H20N4. The summed E-state index contributed by atoms with van der Waals surface area (Å²) >= 11 is 0. The lowest BCUT2D eigenvalue weighted by molar-refractivity contribution is 0.464. The van der Waals surface area contributed by atoms with E-state index in [1.165, 1.54) is 24.0 Å². The van der Waals surface area contributed by atoms with Crippen molar-refractivity contribution in [2.75, 3.05) is 0 Å². The van der Waals surface area contributed by atoms with Gasteiger partial charge in [0.1, 0.15) is 12.2 Å². The molecule has 0 amide bonds. The first-order valence-electron chi connectivity index (χ1n) is 6.87. The van der Waals surface area contributed by atoms with Crippen molar-refractivity contribution in [2.24, 2.45) is 13.0 Å². The molecule has 1 fully saturated rings. The molecule has 0 saturated heterocycles. The highest BCUT2D eigenvalue weighted by atomic mass is 15.3. The monoisotopic (exact) mass is 256 g/mol. The van der Waals surface area contributed by atoms with Crippen LogP contribution in [0.25, 0.3) is 0 Å². The van der Waals surface area contributed by atoms with Crippen LogP contribution in [0.5, 0.6) is 0 Å². The van der Waals surface area contributed by atoms with Crippen molar-refractivity contribution in [3.8, 4) is 0 Å². The van der Waals surface area contributed by atoms with Crippen LogP contribution in [0.1, 0.15) is 35.8 Å². The summed E-state index contributed by atoms with van der Waals surface area (Å²) in [7, 11) is 1.93. The number of rotatable bonds is 5. The molecule has 0 aliphatic heterocycles. The van der Waals surface area contributed by atoms with Crippen molar-refractivity contribution in [3.05, 3.63) is 47.5 Å². The van der Waals surface area contributed by atoms with Gasteiger partial charge in [0.15, 0.2) is 0 Å². The minimum Gasteiger partial charge on any atom is -0.303 e. The van der Waals surface area contributed by atoms with Gasteiger partial charge >= 0.3 is 0 Å². The van der Waals surface area contributed by atoms with Gasteiger partial charge in [-0.05, 0) is 31.2 Å². The normalized spacial score (nSPS) is 16.5. The third-order valence-electron chi connectivity index (χ3n) is 3.82. The highest BCUT2D eigenvalue weighted by Gasteiger charge is 2.32. The summed E-state index contributed by atoms with van der Waals surface area (Å²) in [5.74, 6) is 1.76. The maximum absolute atomic E-state index is 4.26. The average molecular weight is 256 g/mol. The SMILES string of the molecule is Cc1ccc(C(NCc2ncnn2C)C2CC2)cc1. The Morgan fingerprint density at radius 1 is 1.32 bits per heavy atom. The summed E-state index contributed by atoms with van der Waals surface area (Å²) < 4.78 is 1.83. The van der Waals surface area contributed by atoms with Gasteiger partial charge in [-0.2, -0.15) is 5.10 Å². The molecule has 1 heterocycles. The van der Waals surface area contributed by atoms with E-state index in [-0.39, 0.29) is 0 Å². The molecule has 0 bridgehead atoms. The predicted octanol–water partition coefficient (Wildman–Crippen LogP) is 2.36. The first kappa shape index (κ1) is 12.4. The number of hydrogen-bond acceptors (Lipinski definition) is 3. The lowest BCUT2D eigenvalue weighted by atomic mass is 10.0. The Bertz CT molecular complexity index is 540. The van der Waals surface area contributed by atoms with E-state index in [0.29, 0.717) is 6.04 Å². The second-order valence-electron chi connectivity index (χ2n) is 5.41. The molecule has 4 heteroatoms. The van der Waals surface area contributed by atoms with Crippen LogP contribution >= 0.6 is 0 Å². The van der Waals surface area contributed by atoms with Crippen LogP contribution < -0.4 is 5.32 Å². The third kappa shape index (κ3) is 2.84. The van der Waals surface area contributed by atoms with Crippen LogP contribution in [-0.2, 0) is 13.6 Å². The van der Waals surface area contributed by atoms with Crippen molar-refractivity contribution in [2.45, 2.75) is 32.4 Å². The minimum absolute atomic E-state index is 0.442. The molecule has 19 heavy (non-hydrogen) atoms. The maximum atomic E-state index is 4.26. The van der Waals surface area contributed by atoms with Crippen LogP contribution in [0.15, 0.2) is 30.6 Å². The standard InChI is InChI=1S/C15H20N4/c1-11-3-5-12(6-4-11)15(13-7-8-13)16-9-14-17-10-18-19(14)2/h3-6,10,13,15-16H,7-9H2,1-2H3. The fourth-order valence-electron chi connectivity index (χ4n) is 2.44. The molecule has 0 radical (unpaired) electrons. The van der Waals surface area contributed by atoms with Crippen molar-refractivity contribution in [1.29, 1.82) is 0 Å². The topological polar surface area (TPSA) is 42.7 Å². The zero-order chi connectivity index (χ0) is 13.2. The van der Waals surface area contributed by atoms with Gasteiger partial charge < -0.3 is 5.32 Å². The molecule has 1 N–H and O–H groups in total. The largest absolute Gasteiger partial charge is 0.303 e. The Kier molecular flexibility index (Phi) is 3.34. The Balaban J connectivity index is 1.71. The van der Waals surface area contributed by atoms with E-state index in [4.69, 9.17) is 0 Å². The molecule has 1 aliphatic rings. The minimum atomic E-state index is 0.442. The molecule has 0 spiro atoms. The van der Waals surface area contributed by atoms with Crippen molar-refractivity contribution < 1.29 is 0 Å². The molecule has 2 aromatic rings. The fourth-order valence-corrected chi connectivity index (χ4v) is 2.44. The maximum Gasteiger partial charge on any atom is 0.140 e. The number of benzene rings is 1. The van der Waals surface area contributed by atoms with Gasteiger partial charge in [0.2, 0.25) is 0 Å².